The smallest absolute Gasteiger partial charge is 0.326 e. The fourth-order valence-corrected chi connectivity index (χ4v) is 1.73. The number of anilines is 1. The molecule has 0 bridgehead atoms. The first-order valence-corrected chi connectivity index (χ1v) is 6.35. The van der Waals surface area contributed by atoms with E-state index in [4.69, 9.17) is 5.11 Å². The zero-order valence-electron chi connectivity index (χ0n) is 11.5. The highest BCUT2D eigenvalue weighted by atomic mass is 16.4. The third kappa shape index (κ3) is 4.72. The summed E-state index contributed by atoms with van der Waals surface area (Å²) in [7, 11) is 0. The molecule has 1 aromatic rings. The molecule has 2 amide bonds. The van der Waals surface area contributed by atoms with E-state index in [9.17, 15) is 14.4 Å². The molecule has 1 rings (SSSR count). The third-order valence-corrected chi connectivity index (χ3v) is 2.63. The molecule has 0 fully saturated rings. The van der Waals surface area contributed by atoms with Gasteiger partial charge in [0.25, 0.3) is 5.91 Å². The molecule has 0 unspecified atom stereocenters. The van der Waals surface area contributed by atoms with Gasteiger partial charge in [0.15, 0.2) is 0 Å². The van der Waals surface area contributed by atoms with Gasteiger partial charge in [0.2, 0.25) is 5.91 Å². The minimum Gasteiger partial charge on any atom is -0.480 e. The van der Waals surface area contributed by atoms with Gasteiger partial charge in [0.1, 0.15) is 6.04 Å². The number of carboxylic acids is 1. The van der Waals surface area contributed by atoms with E-state index in [1.54, 1.807) is 18.2 Å². The van der Waals surface area contributed by atoms with Crippen LogP contribution in [-0.2, 0) is 9.59 Å². The highest BCUT2D eigenvalue weighted by Crippen LogP contribution is 2.11. The Morgan fingerprint density at radius 1 is 1.30 bits per heavy atom. The summed E-state index contributed by atoms with van der Waals surface area (Å²) in [6.07, 6.45) is 1.02. The Labute approximate surface area is 117 Å². The molecule has 1 atom stereocenters. The summed E-state index contributed by atoms with van der Waals surface area (Å²) in [6.45, 7) is 3.22. The lowest BCUT2D eigenvalue weighted by molar-refractivity contribution is -0.139. The Balaban J connectivity index is 2.80. The summed E-state index contributed by atoms with van der Waals surface area (Å²) < 4.78 is 0. The van der Waals surface area contributed by atoms with Crippen LogP contribution in [0.15, 0.2) is 24.3 Å². The molecule has 0 heterocycles. The molecule has 6 nitrogen and oxygen atoms in total. The molecule has 20 heavy (non-hydrogen) atoms. The quantitative estimate of drug-likeness (QED) is 0.737. The van der Waals surface area contributed by atoms with Crippen molar-refractivity contribution in [3.05, 3.63) is 29.8 Å². The van der Waals surface area contributed by atoms with Crippen molar-refractivity contribution in [2.24, 2.45) is 0 Å². The molecule has 108 valence electrons. The average molecular weight is 278 g/mol. The Morgan fingerprint density at radius 3 is 2.55 bits per heavy atom. The number of nitrogens with one attached hydrogen (secondary N) is 2. The van der Waals surface area contributed by atoms with Crippen LogP contribution in [0.4, 0.5) is 5.69 Å². The number of amides is 2. The van der Waals surface area contributed by atoms with E-state index in [0.29, 0.717) is 24.1 Å². The summed E-state index contributed by atoms with van der Waals surface area (Å²) >= 11 is 0. The normalized spacial score (nSPS) is 11.5. The van der Waals surface area contributed by atoms with Crippen LogP contribution < -0.4 is 10.6 Å². The minimum absolute atomic E-state index is 0.239. The number of hydrogen-bond donors (Lipinski definition) is 3. The van der Waals surface area contributed by atoms with Crippen molar-refractivity contribution >= 4 is 23.5 Å². The second-order valence-corrected chi connectivity index (χ2v) is 4.41. The molecular formula is C14H18N2O4. The fraction of sp³-hybridized carbons (Fsp3) is 0.357. The van der Waals surface area contributed by atoms with Crippen molar-refractivity contribution < 1.29 is 19.5 Å². The van der Waals surface area contributed by atoms with Crippen LogP contribution in [0.3, 0.4) is 0 Å². The van der Waals surface area contributed by atoms with Crippen LogP contribution in [0.2, 0.25) is 0 Å². The highest BCUT2D eigenvalue weighted by molar-refractivity contribution is 5.98. The largest absolute Gasteiger partial charge is 0.480 e. The van der Waals surface area contributed by atoms with Crippen molar-refractivity contribution in [3.8, 4) is 0 Å². The van der Waals surface area contributed by atoms with E-state index in [2.05, 4.69) is 10.6 Å². The van der Waals surface area contributed by atoms with Crippen molar-refractivity contribution in [1.29, 1.82) is 0 Å². The maximum atomic E-state index is 12.0. The molecule has 1 aromatic carbocycles. The molecule has 0 aliphatic heterocycles. The summed E-state index contributed by atoms with van der Waals surface area (Å²) in [5.74, 6) is -1.77. The second-order valence-electron chi connectivity index (χ2n) is 4.41. The van der Waals surface area contributed by atoms with Gasteiger partial charge in [-0.3, -0.25) is 9.59 Å². The number of carboxylic acid groups (broad SMARTS) is 1. The van der Waals surface area contributed by atoms with Crippen molar-refractivity contribution in [1.82, 2.24) is 5.32 Å². The molecule has 0 spiro atoms. The van der Waals surface area contributed by atoms with Crippen LogP contribution in [0, 0.1) is 0 Å². The lowest BCUT2D eigenvalue weighted by atomic mass is 10.1. The average Bonchev–Trinajstić information content (AvgIpc) is 2.37. The summed E-state index contributed by atoms with van der Waals surface area (Å²) in [5.41, 5.74) is 0.797. The van der Waals surface area contributed by atoms with Gasteiger partial charge in [-0.2, -0.15) is 0 Å². The minimum atomic E-state index is -1.06. The first kappa shape index (κ1) is 15.7. The summed E-state index contributed by atoms with van der Waals surface area (Å²) in [6, 6.07) is 5.43. The Kier molecular flexibility index (Phi) is 5.71. The van der Waals surface area contributed by atoms with Crippen LogP contribution in [0.25, 0.3) is 0 Å². The second kappa shape index (κ2) is 7.28. The van der Waals surface area contributed by atoms with Gasteiger partial charge in [0.05, 0.1) is 0 Å². The lowest BCUT2D eigenvalue weighted by Gasteiger charge is -2.14. The number of carbonyl (C=O) groups is 3. The van der Waals surface area contributed by atoms with E-state index in [0.717, 1.165) is 0 Å². The maximum Gasteiger partial charge on any atom is 0.326 e. The monoisotopic (exact) mass is 278 g/mol. The van der Waals surface area contributed by atoms with Crippen LogP contribution in [-0.4, -0.2) is 28.9 Å². The highest BCUT2D eigenvalue weighted by Gasteiger charge is 2.19. The van der Waals surface area contributed by atoms with E-state index in [-0.39, 0.29) is 5.91 Å². The molecular weight excluding hydrogens is 260 g/mol. The molecule has 0 aromatic heterocycles. The Bertz CT molecular complexity index is 514. The van der Waals surface area contributed by atoms with Crippen molar-refractivity contribution in [2.45, 2.75) is 32.7 Å². The Morgan fingerprint density at radius 2 is 2.00 bits per heavy atom. The first-order valence-electron chi connectivity index (χ1n) is 6.35. The van der Waals surface area contributed by atoms with Gasteiger partial charge in [-0.1, -0.05) is 19.4 Å². The Hall–Kier alpha value is -2.37. The third-order valence-electron chi connectivity index (χ3n) is 2.63. The molecule has 0 aliphatic carbocycles. The van der Waals surface area contributed by atoms with Crippen LogP contribution in [0.1, 0.15) is 37.0 Å². The molecule has 3 N–H and O–H groups in total. The van der Waals surface area contributed by atoms with E-state index >= 15 is 0 Å². The van der Waals surface area contributed by atoms with E-state index < -0.39 is 17.9 Å². The topological polar surface area (TPSA) is 95.5 Å². The summed E-state index contributed by atoms with van der Waals surface area (Å²) in [4.78, 5) is 33.9. The first-order chi connectivity index (χ1) is 9.43. The number of benzene rings is 1. The molecule has 6 heteroatoms. The van der Waals surface area contributed by atoms with Gasteiger partial charge >= 0.3 is 5.97 Å². The predicted octanol–water partition coefficient (Wildman–Crippen LogP) is 1.63. The lowest BCUT2D eigenvalue weighted by Crippen LogP contribution is -2.40. The van der Waals surface area contributed by atoms with Crippen molar-refractivity contribution in [2.75, 3.05) is 5.32 Å². The maximum absolute atomic E-state index is 12.0. The predicted molar refractivity (Wildman–Crippen MR) is 74.5 cm³/mol. The van der Waals surface area contributed by atoms with Crippen LogP contribution in [0.5, 0.6) is 0 Å². The zero-order chi connectivity index (χ0) is 15.1. The number of hydrogen-bond acceptors (Lipinski definition) is 3. The molecule has 0 radical (unpaired) electrons. The number of rotatable bonds is 6. The summed E-state index contributed by atoms with van der Waals surface area (Å²) in [5, 5.41) is 14.0. The van der Waals surface area contributed by atoms with Crippen molar-refractivity contribution in [3.63, 3.8) is 0 Å². The van der Waals surface area contributed by atoms with Crippen LogP contribution >= 0.6 is 0 Å². The van der Waals surface area contributed by atoms with Gasteiger partial charge in [-0.05, 0) is 24.6 Å². The fourth-order valence-electron chi connectivity index (χ4n) is 1.73. The standard InChI is InChI=1S/C14H18N2O4/c1-3-5-12(14(19)20)16-13(18)10-6-4-7-11(8-10)15-9(2)17/h4,6-8,12H,3,5H2,1-2H3,(H,15,17)(H,16,18)(H,19,20)/t12-/m0/s1. The van der Waals surface area contributed by atoms with Gasteiger partial charge in [0, 0.05) is 18.2 Å². The van der Waals surface area contributed by atoms with Gasteiger partial charge in [-0.15, -0.1) is 0 Å². The molecule has 0 saturated carbocycles. The van der Waals surface area contributed by atoms with E-state index in [1.807, 2.05) is 6.92 Å². The number of aliphatic carboxylic acids is 1. The number of carbonyl (C=O) groups excluding carboxylic acids is 2. The molecule has 0 aliphatic rings. The van der Waals surface area contributed by atoms with Gasteiger partial charge < -0.3 is 15.7 Å². The van der Waals surface area contributed by atoms with Gasteiger partial charge in [-0.25, -0.2) is 4.79 Å². The molecule has 0 saturated heterocycles. The van der Waals surface area contributed by atoms with E-state index in [1.165, 1.54) is 13.0 Å². The zero-order valence-corrected chi connectivity index (χ0v) is 11.5. The SMILES string of the molecule is CCC[C@H](NC(=O)c1cccc(NC(C)=O)c1)C(=O)O.